The lowest BCUT2D eigenvalue weighted by atomic mass is 10.2. The van der Waals surface area contributed by atoms with E-state index >= 15 is 0 Å². The summed E-state index contributed by atoms with van der Waals surface area (Å²) < 4.78 is 24.7. The van der Waals surface area contributed by atoms with E-state index in [9.17, 15) is 13.2 Å². The third-order valence-electron chi connectivity index (χ3n) is 3.57. The third-order valence-corrected chi connectivity index (χ3v) is 4.88. The summed E-state index contributed by atoms with van der Waals surface area (Å²) in [6.45, 7) is 1.32. The van der Waals surface area contributed by atoms with E-state index in [2.05, 4.69) is 5.32 Å². The first-order valence-electron chi connectivity index (χ1n) is 7.18. The van der Waals surface area contributed by atoms with Gasteiger partial charge in [-0.25, -0.2) is 12.7 Å². The zero-order valence-electron chi connectivity index (χ0n) is 12.8. The Morgan fingerprint density at radius 2 is 1.75 bits per heavy atom. The number of likely N-dealkylation sites (N-methyl/N-ethyl adjacent to an activating group) is 1. The summed E-state index contributed by atoms with van der Waals surface area (Å²) in [4.78, 5) is 13.8. The number of carbonyl (C=O) groups excluding carboxylic acids is 1. The van der Waals surface area contributed by atoms with Crippen LogP contribution < -0.4 is 5.32 Å². The van der Waals surface area contributed by atoms with Crippen molar-refractivity contribution in [3.63, 3.8) is 0 Å². The van der Waals surface area contributed by atoms with E-state index in [1.807, 2.05) is 19.0 Å². The average Bonchev–Trinajstić information content (AvgIpc) is 2.79. The smallest absolute Gasteiger partial charge is 0.221 e. The molecule has 0 unspecified atom stereocenters. The van der Waals surface area contributed by atoms with Crippen molar-refractivity contribution in [1.82, 2.24) is 14.5 Å². The number of sulfonamides is 1. The highest BCUT2D eigenvalue weighted by molar-refractivity contribution is 7.88. The Labute approximate surface area is 122 Å². The quantitative estimate of drug-likeness (QED) is 0.698. The van der Waals surface area contributed by atoms with Gasteiger partial charge in [-0.1, -0.05) is 12.8 Å². The summed E-state index contributed by atoms with van der Waals surface area (Å²) in [5.74, 6) is -0.0459. The van der Waals surface area contributed by atoms with Gasteiger partial charge in [0.1, 0.15) is 0 Å². The van der Waals surface area contributed by atoms with E-state index < -0.39 is 10.0 Å². The summed E-state index contributed by atoms with van der Waals surface area (Å²) >= 11 is 0. The second-order valence-electron chi connectivity index (χ2n) is 5.76. The molecule has 1 fully saturated rings. The van der Waals surface area contributed by atoms with Crippen LogP contribution in [0.1, 0.15) is 32.1 Å². The molecule has 0 heterocycles. The van der Waals surface area contributed by atoms with Gasteiger partial charge in [-0.05, 0) is 26.9 Å². The lowest BCUT2D eigenvalue weighted by molar-refractivity contribution is -0.121. The zero-order valence-corrected chi connectivity index (χ0v) is 13.6. The molecule has 118 valence electrons. The second kappa shape index (κ2) is 7.95. The maximum Gasteiger partial charge on any atom is 0.221 e. The van der Waals surface area contributed by atoms with Crippen LogP contribution in [0.3, 0.4) is 0 Å². The fourth-order valence-electron chi connectivity index (χ4n) is 2.35. The Balaban J connectivity index is 2.38. The molecule has 0 aromatic rings. The summed E-state index contributed by atoms with van der Waals surface area (Å²) in [5.41, 5.74) is 0. The van der Waals surface area contributed by atoms with Gasteiger partial charge in [0.2, 0.25) is 15.9 Å². The second-order valence-corrected chi connectivity index (χ2v) is 7.75. The van der Waals surface area contributed by atoms with E-state index in [-0.39, 0.29) is 24.9 Å². The van der Waals surface area contributed by atoms with Gasteiger partial charge in [0.15, 0.2) is 0 Å². The molecule has 0 aromatic heterocycles. The minimum absolute atomic E-state index is 0.0459. The molecule has 20 heavy (non-hydrogen) atoms. The minimum Gasteiger partial charge on any atom is -0.353 e. The third kappa shape index (κ3) is 6.67. The molecule has 1 amide bonds. The van der Waals surface area contributed by atoms with Gasteiger partial charge < -0.3 is 10.2 Å². The van der Waals surface area contributed by atoms with Crippen LogP contribution in [0, 0.1) is 0 Å². The number of carbonyl (C=O) groups is 1. The number of hydrogen-bond acceptors (Lipinski definition) is 4. The molecule has 0 saturated heterocycles. The van der Waals surface area contributed by atoms with Gasteiger partial charge in [0.25, 0.3) is 0 Å². The van der Waals surface area contributed by atoms with Crippen molar-refractivity contribution in [2.45, 2.75) is 38.1 Å². The molecule has 0 aromatic carbocycles. The lowest BCUT2D eigenvalue weighted by Crippen LogP contribution is -2.40. The molecular weight excluding hydrogens is 278 g/mol. The van der Waals surface area contributed by atoms with Crippen LogP contribution in [0.5, 0.6) is 0 Å². The molecular formula is C13H27N3O3S. The molecule has 1 rings (SSSR count). The van der Waals surface area contributed by atoms with Crippen molar-refractivity contribution in [2.75, 3.05) is 40.0 Å². The predicted molar refractivity (Wildman–Crippen MR) is 80.0 cm³/mol. The molecule has 1 N–H and O–H groups in total. The normalized spacial score (nSPS) is 17.1. The van der Waals surface area contributed by atoms with E-state index in [4.69, 9.17) is 0 Å². The summed E-state index contributed by atoms with van der Waals surface area (Å²) in [5, 5.41) is 2.98. The van der Waals surface area contributed by atoms with Crippen LogP contribution in [0.15, 0.2) is 0 Å². The molecule has 1 aliphatic carbocycles. The highest BCUT2D eigenvalue weighted by atomic mass is 32.2. The van der Waals surface area contributed by atoms with Gasteiger partial charge in [-0.15, -0.1) is 0 Å². The van der Waals surface area contributed by atoms with Crippen LogP contribution in [0.2, 0.25) is 0 Å². The Morgan fingerprint density at radius 3 is 2.25 bits per heavy atom. The molecule has 0 aliphatic heterocycles. The number of nitrogens with zero attached hydrogens (tertiary/aromatic N) is 2. The summed E-state index contributed by atoms with van der Waals surface area (Å²) in [6.07, 6.45) is 5.85. The number of hydrogen-bond donors (Lipinski definition) is 1. The van der Waals surface area contributed by atoms with E-state index in [1.165, 1.54) is 23.4 Å². The molecule has 0 radical (unpaired) electrons. The van der Waals surface area contributed by atoms with E-state index in [0.29, 0.717) is 13.1 Å². The molecule has 7 heteroatoms. The fraction of sp³-hybridized carbons (Fsp3) is 0.923. The molecule has 0 spiro atoms. The first-order valence-corrected chi connectivity index (χ1v) is 9.03. The molecule has 0 atom stereocenters. The van der Waals surface area contributed by atoms with Crippen LogP contribution >= 0.6 is 0 Å². The summed E-state index contributed by atoms with van der Waals surface area (Å²) in [6, 6.07) is 0.288. The van der Waals surface area contributed by atoms with Gasteiger partial charge in [-0.3, -0.25) is 4.79 Å². The van der Waals surface area contributed by atoms with Crippen molar-refractivity contribution in [1.29, 1.82) is 0 Å². The number of amides is 1. The van der Waals surface area contributed by atoms with Gasteiger partial charge in [0.05, 0.1) is 6.26 Å². The number of nitrogens with one attached hydrogen (secondary N) is 1. The predicted octanol–water partition coefficient (Wildman–Crippen LogP) is 0.259. The van der Waals surface area contributed by atoms with Gasteiger partial charge in [0, 0.05) is 32.1 Å². The Bertz CT molecular complexity index is 403. The van der Waals surface area contributed by atoms with Gasteiger partial charge >= 0.3 is 0 Å². The number of rotatable bonds is 8. The molecule has 1 aliphatic rings. The van der Waals surface area contributed by atoms with Crippen molar-refractivity contribution in [2.24, 2.45) is 0 Å². The highest BCUT2D eigenvalue weighted by Gasteiger charge is 2.20. The van der Waals surface area contributed by atoms with Crippen molar-refractivity contribution >= 4 is 15.9 Å². The maximum absolute atomic E-state index is 11.8. The summed E-state index contributed by atoms with van der Waals surface area (Å²) in [7, 11) is 0.535. The first-order chi connectivity index (χ1) is 9.29. The van der Waals surface area contributed by atoms with Crippen LogP contribution in [-0.2, 0) is 14.8 Å². The van der Waals surface area contributed by atoms with Crippen LogP contribution in [0.25, 0.3) is 0 Å². The maximum atomic E-state index is 11.8. The van der Waals surface area contributed by atoms with Crippen LogP contribution in [-0.4, -0.2) is 69.6 Å². The molecule has 0 bridgehead atoms. The average molecular weight is 305 g/mol. The van der Waals surface area contributed by atoms with E-state index in [1.54, 1.807) is 0 Å². The van der Waals surface area contributed by atoms with Crippen molar-refractivity contribution < 1.29 is 13.2 Å². The fourth-order valence-corrected chi connectivity index (χ4v) is 3.19. The standard InChI is InChI=1S/C13H27N3O3S/c1-15(2)10-11-16(20(3,18)19)9-8-13(17)14-12-6-4-5-7-12/h12H,4-11H2,1-3H3,(H,14,17). The Hall–Kier alpha value is -0.660. The molecule has 1 saturated carbocycles. The first kappa shape index (κ1) is 17.4. The Morgan fingerprint density at radius 1 is 1.15 bits per heavy atom. The van der Waals surface area contributed by atoms with Gasteiger partial charge in [-0.2, -0.15) is 0 Å². The lowest BCUT2D eigenvalue weighted by Gasteiger charge is -2.22. The topological polar surface area (TPSA) is 69.7 Å². The minimum atomic E-state index is -3.26. The Kier molecular flexibility index (Phi) is 6.91. The highest BCUT2D eigenvalue weighted by Crippen LogP contribution is 2.17. The largest absolute Gasteiger partial charge is 0.353 e. The van der Waals surface area contributed by atoms with Crippen LogP contribution in [0.4, 0.5) is 0 Å². The monoisotopic (exact) mass is 305 g/mol. The van der Waals surface area contributed by atoms with E-state index in [0.717, 1.165) is 12.8 Å². The van der Waals surface area contributed by atoms with Crippen molar-refractivity contribution in [3.8, 4) is 0 Å². The SMILES string of the molecule is CN(C)CCN(CCC(=O)NC1CCCC1)S(C)(=O)=O. The van der Waals surface area contributed by atoms with Crippen molar-refractivity contribution in [3.05, 3.63) is 0 Å². The molecule has 6 nitrogen and oxygen atoms in total. The zero-order chi connectivity index (χ0) is 15.2.